The lowest BCUT2D eigenvalue weighted by molar-refractivity contribution is 0.102. The van der Waals surface area contributed by atoms with E-state index in [1.807, 2.05) is 54.6 Å². The molecule has 0 aliphatic rings. The lowest BCUT2D eigenvalue weighted by Crippen LogP contribution is -2.18. The van der Waals surface area contributed by atoms with Crippen LogP contribution in [0.2, 0.25) is 0 Å². The molecule has 0 bridgehead atoms. The van der Waals surface area contributed by atoms with E-state index in [0.717, 1.165) is 17.1 Å². The third kappa shape index (κ3) is 4.70. The van der Waals surface area contributed by atoms with Crippen molar-refractivity contribution in [3.8, 4) is 0 Å². The fourth-order valence-corrected chi connectivity index (χ4v) is 3.13. The summed E-state index contributed by atoms with van der Waals surface area (Å²) in [6.45, 7) is 0.660. The van der Waals surface area contributed by atoms with Crippen molar-refractivity contribution in [1.29, 1.82) is 0 Å². The minimum Gasteiger partial charge on any atom is -0.322 e. The molecule has 0 spiro atoms. The van der Waals surface area contributed by atoms with Gasteiger partial charge in [-0.2, -0.15) is 0 Å². The highest BCUT2D eigenvalue weighted by Gasteiger charge is 2.12. The second-order valence-corrected chi connectivity index (χ2v) is 6.78. The van der Waals surface area contributed by atoms with E-state index >= 15 is 0 Å². The Labute approximate surface area is 174 Å². The van der Waals surface area contributed by atoms with Crippen LogP contribution >= 0.6 is 0 Å². The third-order valence-corrected chi connectivity index (χ3v) is 4.62. The van der Waals surface area contributed by atoms with E-state index in [4.69, 9.17) is 0 Å². The number of halogens is 1. The van der Waals surface area contributed by atoms with Gasteiger partial charge in [-0.1, -0.05) is 54.6 Å². The zero-order valence-corrected chi connectivity index (χ0v) is 16.2. The van der Waals surface area contributed by atoms with Crippen molar-refractivity contribution in [2.75, 3.05) is 10.2 Å². The van der Waals surface area contributed by atoms with Crippen LogP contribution in [-0.2, 0) is 6.54 Å². The molecule has 4 nitrogen and oxygen atoms in total. The Bertz CT molecular complexity index is 1120. The summed E-state index contributed by atoms with van der Waals surface area (Å²) in [7, 11) is 0. The van der Waals surface area contributed by atoms with E-state index in [9.17, 15) is 9.18 Å². The molecule has 0 radical (unpaired) electrons. The SMILES string of the molecule is O=C(Nc1ccc(N(Cc2ccccc2)c2ccccc2)nc1)c1cccc(F)c1. The minimum atomic E-state index is -0.449. The first kappa shape index (κ1) is 19.3. The molecule has 148 valence electrons. The quantitative estimate of drug-likeness (QED) is 0.446. The van der Waals surface area contributed by atoms with Crippen molar-refractivity contribution in [1.82, 2.24) is 4.98 Å². The van der Waals surface area contributed by atoms with Gasteiger partial charge < -0.3 is 10.2 Å². The van der Waals surface area contributed by atoms with Crippen molar-refractivity contribution < 1.29 is 9.18 Å². The zero-order chi connectivity index (χ0) is 20.8. The monoisotopic (exact) mass is 397 g/mol. The van der Waals surface area contributed by atoms with E-state index < -0.39 is 5.82 Å². The second-order valence-electron chi connectivity index (χ2n) is 6.78. The maximum absolute atomic E-state index is 13.4. The van der Waals surface area contributed by atoms with Crippen LogP contribution in [0.5, 0.6) is 0 Å². The Balaban J connectivity index is 1.55. The number of pyridine rings is 1. The summed E-state index contributed by atoms with van der Waals surface area (Å²) < 4.78 is 13.4. The minimum absolute atomic E-state index is 0.258. The van der Waals surface area contributed by atoms with Gasteiger partial charge >= 0.3 is 0 Å². The summed E-state index contributed by atoms with van der Waals surface area (Å²) in [4.78, 5) is 19.0. The number of aromatic nitrogens is 1. The number of carbonyl (C=O) groups excluding carboxylic acids is 1. The molecule has 1 N–H and O–H groups in total. The van der Waals surface area contributed by atoms with Gasteiger partial charge in [-0.25, -0.2) is 9.37 Å². The van der Waals surface area contributed by atoms with Gasteiger partial charge in [0.15, 0.2) is 0 Å². The van der Waals surface area contributed by atoms with Crippen LogP contribution < -0.4 is 10.2 Å². The summed E-state index contributed by atoms with van der Waals surface area (Å²) in [5.41, 5.74) is 2.98. The number of hydrogen-bond donors (Lipinski definition) is 1. The van der Waals surface area contributed by atoms with Crippen molar-refractivity contribution >= 4 is 23.1 Å². The summed E-state index contributed by atoms with van der Waals surface area (Å²) in [5, 5.41) is 2.75. The number of rotatable bonds is 6. The number of anilines is 3. The van der Waals surface area contributed by atoms with Crippen molar-refractivity contribution in [2.45, 2.75) is 6.54 Å². The molecule has 5 heteroatoms. The summed E-state index contributed by atoms with van der Waals surface area (Å²) in [6.07, 6.45) is 1.60. The number of benzene rings is 3. The molecule has 1 amide bonds. The highest BCUT2D eigenvalue weighted by atomic mass is 19.1. The number of nitrogens with one attached hydrogen (secondary N) is 1. The Morgan fingerprint density at radius 2 is 1.60 bits per heavy atom. The first-order valence-corrected chi connectivity index (χ1v) is 9.58. The maximum Gasteiger partial charge on any atom is 0.255 e. The molecule has 0 saturated carbocycles. The van der Waals surface area contributed by atoms with Gasteiger partial charge in [-0.3, -0.25) is 4.79 Å². The summed E-state index contributed by atoms with van der Waals surface area (Å²) in [5.74, 6) is -0.0717. The normalized spacial score (nSPS) is 10.4. The lowest BCUT2D eigenvalue weighted by atomic mass is 10.2. The molecule has 0 unspecified atom stereocenters. The van der Waals surface area contributed by atoms with Gasteiger partial charge in [-0.15, -0.1) is 0 Å². The molecule has 0 atom stereocenters. The predicted octanol–water partition coefficient (Wildman–Crippen LogP) is 5.81. The largest absolute Gasteiger partial charge is 0.322 e. The van der Waals surface area contributed by atoms with Crippen LogP contribution in [-0.4, -0.2) is 10.9 Å². The summed E-state index contributed by atoms with van der Waals surface area (Å²) >= 11 is 0. The van der Waals surface area contributed by atoms with Crippen molar-refractivity contribution in [2.24, 2.45) is 0 Å². The van der Waals surface area contributed by atoms with E-state index in [1.54, 1.807) is 18.3 Å². The topological polar surface area (TPSA) is 45.2 Å². The van der Waals surface area contributed by atoms with Gasteiger partial charge in [-0.05, 0) is 48.0 Å². The van der Waals surface area contributed by atoms with Gasteiger partial charge in [0.2, 0.25) is 0 Å². The smallest absolute Gasteiger partial charge is 0.255 e. The van der Waals surface area contributed by atoms with Gasteiger partial charge in [0.25, 0.3) is 5.91 Å². The van der Waals surface area contributed by atoms with Crippen LogP contribution in [0.1, 0.15) is 15.9 Å². The molecule has 4 rings (SSSR count). The second kappa shape index (κ2) is 9.01. The maximum atomic E-state index is 13.4. The van der Waals surface area contributed by atoms with E-state index in [2.05, 4.69) is 27.3 Å². The molecule has 1 heterocycles. The fraction of sp³-hybridized carbons (Fsp3) is 0.0400. The van der Waals surface area contributed by atoms with Crippen LogP contribution in [0.15, 0.2) is 103 Å². The van der Waals surface area contributed by atoms with Crippen LogP contribution in [0, 0.1) is 5.82 Å². The first-order chi connectivity index (χ1) is 14.7. The Morgan fingerprint density at radius 1 is 0.867 bits per heavy atom. The molecule has 0 aliphatic carbocycles. The number of amides is 1. The van der Waals surface area contributed by atoms with Crippen molar-refractivity contribution in [3.05, 3.63) is 120 Å². The molecule has 0 aliphatic heterocycles. The average molecular weight is 397 g/mol. The molecular weight excluding hydrogens is 377 g/mol. The van der Waals surface area contributed by atoms with Crippen LogP contribution in [0.25, 0.3) is 0 Å². The van der Waals surface area contributed by atoms with E-state index in [-0.39, 0.29) is 11.5 Å². The fourth-order valence-electron chi connectivity index (χ4n) is 3.13. The number of hydrogen-bond acceptors (Lipinski definition) is 3. The molecule has 0 fully saturated rings. The molecule has 0 saturated heterocycles. The first-order valence-electron chi connectivity index (χ1n) is 9.58. The highest BCUT2D eigenvalue weighted by Crippen LogP contribution is 2.26. The number of nitrogens with zero attached hydrogens (tertiary/aromatic N) is 2. The molecular formula is C25H20FN3O. The zero-order valence-electron chi connectivity index (χ0n) is 16.2. The number of para-hydroxylation sites is 1. The number of carbonyl (C=O) groups is 1. The van der Waals surface area contributed by atoms with Gasteiger partial charge in [0, 0.05) is 17.8 Å². The molecule has 1 aromatic heterocycles. The lowest BCUT2D eigenvalue weighted by Gasteiger charge is -2.24. The molecule has 4 aromatic rings. The van der Waals surface area contributed by atoms with Crippen molar-refractivity contribution in [3.63, 3.8) is 0 Å². The van der Waals surface area contributed by atoms with Gasteiger partial charge in [0.05, 0.1) is 11.9 Å². The Kier molecular flexibility index (Phi) is 5.80. The van der Waals surface area contributed by atoms with Gasteiger partial charge in [0.1, 0.15) is 11.6 Å². The Hall–Kier alpha value is -3.99. The third-order valence-electron chi connectivity index (χ3n) is 4.62. The summed E-state index contributed by atoms with van der Waals surface area (Å²) in [6, 6.07) is 29.4. The van der Waals surface area contributed by atoms with E-state index in [0.29, 0.717) is 12.2 Å². The predicted molar refractivity (Wildman–Crippen MR) is 117 cm³/mol. The molecule has 30 heavy (non-hydrogen) atoms. The van der Waals surface area contributed by atoms with E-state index in [1.165, 1.54) is 18.2 Å². The Morgan fingerprint density at radius 3 is 2.27 bits per heavy atom. The van der Waals surface area contributed by atoms with Crippen LogP contribution in [0.3, 0.4) is 0 Å². The van der Waals surface area contributed by atoms with Crippen LogP contribution in [0.4, 0.5) is 21.6 Å². The highest BCUT2D eigenvalue weighted by molar-refractivity contribution is 6.04. The standard InChI is InChI=1S/C25H20FN3O/c26-21-11-7-10-20(16-21)25(30)28-22-14-15-24(27-17-22)29(23-12-5-2-6-13-23)18-19-8-3-1-4-9-19/h1-17H,18H2,(H,28,30). The molecule has 3 aromatic carbocycles. The average Bonchev–Trinajstić information content (AvgIpc) is 2.79.